The molecule has 0 saturated heterocycles. The highest BCUT2D eigenvalue weighted by Crippen LogP contribution is 2.25. The number of rotatable bonds is 5. The van der Waals surface area contributed by atoms with Crippen LogP contribution in [0.5, 0.6) is 5.75 Å². The zero-order chi connectivity index (χ0) is 19.3. The lowest BCUT2D eigenvalue weighted by atomic mass is 10.1. The number of pyridine rings is 1. The first-order valence-electron chi connectivity index (χ1n) is 7.35. The Balaban J connectivity index is 1.97. The van der Waals surface area contributed by atoms with Gasteiger partial charge in [0, 0.05) is 11.4 Å². The van der Waals surface area contributed by atoms with Crippen LogP contribution < -0.4 is 10.1 Å². The number of carbonyl (C=O) groups is 1. The molecule has 0 radical (unpaired) electrons. The number of hydrogen-bond acceptors (Lipinski definition) is 5. The van der Waals surface area contributed by atoms with Crippen LogP contribution in [0.2, 0.25) is 0 Å². The topological polar surface area (TPSA) is 75.0 Å². The maximum absolute atomic E-state index is 12.1. The van der Waals surface area contributed by atoms with Crippen LogP contribution >= 0.6 is 11.8 Å². The van der Waals surface area contributed by atoms with Crippen LogP contribution in [-0.2, 0) is 4.79 Å². The lowest BCUT2D eigenvalue weighted by molar-refractivity contribution is -0.274. The van der Waals surface area contributed by atoms with E-state index in [0.717, 1.165) is 35.2 Å². The van der Waals surface area contributed by atoms with Gasteiger partial charge in [-0.25, -0.2) is 4.98 Å². The highest BCUT2D eigenvalue weighted by Gasteiger charge is 2.30. The average Bonchev–Trinajstić information content (AvgIpc) is 2.53. The van der Waals surface area contributed by atoms with Crippen molar-refractivity contribution in [2.75, 3.05) is 11.1 Å². The Bertz CT molecular complexity index is 846. The molecule has 0 atom stereocenters. The van der Waals surface area contributed by atoms with E-state index in [2.05, 4.69) is 21.1 Å². The predicted octanol–water partition coefficient (Wildman–Crippen LogP) is 4.20. The Morgan fingerprint density at radius 2 is 1.96 bits per heavy atom. The van der Waals surface area contributed by atoms with Crippen LogP contribution in [0.3, 0.4) is 0 Å². The second-order valence-corrected chi connectivity index (χ2v) is 6.25. The van der Waals surface area contributed by atoms with Crippen molar-refractivity contribution in [3.05, 3.63) is 47.2 Å². The number of nitrogens with zero attached hydrogens (tertiary/aromatic N) is 2. The summed E-state index contributed by atoms with van der Waals surface area (Å²) in [5, 5.41) is 12.2. The van der Waals surface area contributed by atoms with Gasteiger partial charge in [-0.05, 0) is 49.7 Å². The molecular weight excluding hydrogens is 367 g/mol. The van der Waals surface area contributed by atoms with Gasteiger partial charge in [0.15, 0.2) is 0 Å². The van der Waals surface area contributed by atoms with E-state index >= 15 is 0 Å². The number of ether oxygens (including phenoxy) is 1. The molecule has 0 aliphatic heterocycles. The van der Waals surface area contributed by atoms with E-state index < -0.39 is 6.36 Å². The molecule has 2 aromatic rings. The number of hydrogen-bond donors (Lipinski definition) is 1. The molecule has 0 spiro atoms. The summed E-state index contributed by atoms with van der Waals surface area (Å²) in [7, 11) is 0. The van der Waals surface area contributed by atoms with Gasteiger partial charge in [0.1, 0.15) is 16.8 Å². The highest BCUT2D eigenvalue weighted by molar-refractivity contribution is 8.00. The molecule has 9 heteroatoms. The Morgan fingerprint density at radius 1 is 1.31 bits per heavy atom. The number of alkyl halides is 3. The van der Waals surface area contributed by atoms with Crippen molar-refractivity contribution in [2.24, 2.45) is 0 Å². The quantitative estimate of drug-likeness (QED) is 0.786. The average molecular weight is 381 g/mol. The first kappa shape index (κ1) is 19.6. The fourth-order valence-corrected chi connectivity index (χ4v) is 3.01. The maximum Gasteiger partial charge on any atom is 0.573 e. The maximum atomic E-state index is 12.1. The summed E-state index contributed by atoms with van der Waals surface area (Å²) in [5.74, 6) is -0.738. The van der Waals surface area contributed by atoms with Crippen molar-refractivity contribution in [3.63, 3.8) is 0 Å². The monoisotopic (exact) mass is 381 g/mol. The van der Waals surface area contributed by atoms with E-state index in [1.54, 1.807) is 19.9 Å². The third kappa shape index (κ3) is 5.67. The number of benzene rings is 1. The fraction of sp³-hybridized carbons (Fsp3) is 0.235. The molecule has 0 fully saturated rings. The molecule has 1 amide bonds. The van der Waals surface area contributed by atoms with Crippen LogP contribution in [0, 0.1) is 25.2 Å². The molecule has 2 rings (SSSR count). The molecular formula is C17H14F3N3O2S. The standard InChI is InChI=1S/C17H14F3N3O2S/c1-10-7-11(2)22-16(14(10)8-21)26-9-15(24)23-12-3-5-13(6-4-12)25-17(18,19)20/h3-7H,9H2,1-2H3,(H,23,24). The largest absolute Gasteiger partial charge is 0.573 e. The number of nitrogens with one attached hydrogen (secondary N) is 1. The van der Waals surface area contributed by atoms with Gasteiger partial charge >= 0.3 is 6.36 Å². The molecule has 0 bridgehead atoms. The third-order valence-electron chi connectivity index (χ3n) is 3.13. The summed E-state index contributed by atoms with van der Waals surface area (Å²) in [6, 6.07) is 8.68. The lowest BCUT2D eigenvalue weighted by Gasteiger charge is -2.10. The normalized spacial score (nSPS) is 10.9. The van der Waals surface area contributed by atoms with Crippen LogP contribution in [-0.4, -0.2) is 23.0 Å². The minimum atomic E-state index is -4.77. The van der Waals surface area contributed by atoms with Gasteiger partial charge in [-0.1, -0.05) is 11.8 Å². The van der Waals surface area contributed by atoms with Crippen LogP contribution in [0.1, 0.15) is 16.8 Å². The van der Waals surface area contributed by atoms with Gasteiger partial charge in [-0.2, -0.15) is 5.26 Å². The molecule has 1 N–H and O–H groups in total. The number of anilines is 1. The highest BCUT2D eigenvalue weighted by atomic mass is 32.2. The van der Waals surface area contributed by atoms with Crippen molar-refractivity contribution >= 4 is 23.4 Å². The fourth-order valence-electron chi connectivity index (χ4n) is 2.11. The van der Waals surface area contributed by atoms with Crippen LogP contribution in [0.25, 0.3) is 0 Å². The molecule has 0 aliphatic rings. The number of halogens is 3. The summed E-state index contributed by atoms with van der Waals surface area (Å²) in [5.41, 5.74) is 2.27. The second kappa shape index (κ2) is 8.10. The molecule has 1 aromatic heterocycles. The van der Waals surface area contributed by atoms with E-state index in [1.165, 1.54) is 12.1 Å². The summed E-state index contributed by atoms with van der Waals surface area (Å²) in [6.07, 6.45) is -4.77. The Kier molecular flexibility index (Phi) is 6.10. The molecule has 0 saturated carbocycles. The Hall–Kier alpha value is -2.73. The third-order valence-corrected chi connectivity index (χ3v) is 4.11. The van der Waals surface area contributed by atoms with E-state index in [1.807, 2.05) is 0 Å². The lowest BCUT2D eigenvalue weighted by Crippen LogP contribution is -2.17. The van der Waals surface area contributed by atoms with Crippen molar-refractivity contribution in [1.29, 1.82) is 5.26 Å². The first-order chi connectivity index (χ1) is 12.2. The van der Waals surface area contributed by atoms with E-state index in [9.17, 15) is 23.2 Å². The summed E-state index contributed by atoms with van der Waals surface area (Å²) in [6.45, 7) is 3.59. The number of amides is 1. The van der Waals surface area contributed by atoms with Gasteiger partial charge in [0.25, 0.3) is 0 Å². The van der Waals surface area contributed by atoms with Crippen molar-refractivity contribution in [3.8, 4) is 11.8 Å². The first-order valence-corrected chi connectivity index (χ1v) is 8.33. The molecule has 5 nitrogen and oxygen atoms in total. The van der Waals surface area contributed by atoms with Gasteiger partial charge in [-0.15, -0.1) is 13.2 Å². The Labute approximate surface area is 152 Å². The minimum Gasteiger partial charge on any atom is -0.406 e. The van der Waals surface area contributed by atoms with Crippen LogP contribution in [0.4, 0.5) is 18.9 Å². The summed E-state index contributed by atoms with van der Waals surface area (Å²) >= 11 is 1.12. The zero-order valence-electron chi connectivity index (χ0n) is 13.8. The van der Waals surface area contributed by atoms with Gasteiger partial charge in [0.2, 0.25) is 5.91 Å². The molecule has 0 unspecified atom stereocenters. The van der Waals surface area contributed by atoms with Gasteiger partial charge < -0.3 is 10.1 Å². The van der Waals surface area contributed by atoms with Crippen molar-refractivity contribution in [2.45, 2.75) is 25.2 Å². The molecule has 136 valence electrons. The number of aryl methyl sites for hydroxylation is 2. The van der Waals surface area contributed by atoms with E-state index in [-0.39, 0.29) is 17.4 Å². The number of carbonyl (C=O) groups excluding carboxylic acids is 1. The predicted molar refractivity (Wildman–Crippen MR) is 90.9 cm³/mol. The molecule has 0 aliphatic carbocycles. The molecule has 26 heavy (non-hydrogen) atoms. The number of nitriles is 1. The number of thioether (sulfide) groups is 1. The SMILES string of the molecule is Cc1cc(C)c(C#N)c(SCC(=O)Nc2ccc(OC(F)(F)F)cc2)n1. The van der Waals surface area contributed by atoms with E-state index in [4.69, 9.17) is 0 Å². The zero-order valence-corrected chi connectivity index (χ0v) is 14.7. The summed E-state index contributed by atoms with van der Waals surface area (Å²) in [4.78, 5) is 16.3. The minimum absolute atomic E-state index is 0.00533. The molecule has 1 aromatic carbocycles. The van der Waals surface area contributed by atoms with Crippen molar-refractivity contribution < 1.29 is 22.7 Å². The summed E-state index contributed by atoms with van der Waals surface area (Å²) < 4.78 is 40.1. The smallest absolute Gasteiger partial charge is 0.406 e. The van der Waals surface area contributed by atoms with Crippen molar-refractivity contribution in [1.82, 2.24) is 4.98 Å². The Morgan fingerprint density at radius 3 is 2.54 bits per heavy atom. The number of aromatic nitrogens is 1. The molecule has 1 heterocycles. The second-order valence-electron chi connectivity index (χ2n) is 5.28. The van der Waals surface area contributed by atoms with E-state index in [0.29, 0.717) is 16.3 Å². The van der Waals surface area contributed by atoms with Gasteiger partial charge in [-0.3, -0.25) is 4.79 Å². The van der Waals surface area contributed by atoms with Crippen LogP contribution in [0.15, 0.2) is 35.4 Å². The van der Waals surface area contributed by atoms with Gasteiger partial charge in [0.05, 0.1) is 11.3 Å².